The van der Waals surface area contributed by atoms with E-state index in [4.69, 9.17) is 26.8 Å². The lowest BCUT2D eigenvalue weighted by Gasteiger charge is -2.11. The molecular formula is C13H19Cl2NO2. The second-order valence-corrected chi connectivity index (χ2v) is 4.80. The first-order chi connectivity index (χ1) is 8.26. The van der Waals surface area contributed by atoms with Crippen LogP contribution in [0.5, 0.6) is 5.75 Å². The molecular weight excluding hydrogens is 273 g/mol. The summed E-state index contributed by atoms with van der Waals surface area (Å²) in [6.07, 6.45) is 1.14. The molecule has 1 aromatic carbocycles. The first kappa shape index (κ1) is 15.6. The van der Waals surface area contributed by atoms with Crippen LogP contribution in [0.4, 0.5) is 0 Å². The molecule has 3 nitrogen and oxygen atoms in total. The lowest BCUT2D eigenvalue weighted by atomic mass is 10.1. The summed E-state index contributed by atoms with van der Waals surface area (Å²) < 4.78 is 10.7. The van der Waals surface area contributed by atoms with Crippen molar-refractivity contribution in [2.75, 3.05) is 26.9 Å². The molecule has 102 valence electrons. The van der Waals surface area contributed by atoms with Crippen LogP contribution in [-0.2, 0) is 4.74 Å². The topological polar surface area (TPSA) is 44.5 Å². The third kappa shape index (κ3) is 3.75. The average Bonchev–Trinajstić information content (AvgIpc) is 3.10. The fraction of sp³-hybridized carbons (Fsp3) is 0.538. The van der Waals surface area contributed by atoms with E-state index in [0.29, 0.717) is 25.0 Å². The van der Waals surface area contributed by atoms with Crippen molar-refractivity contribution in [2.45, 2.75) is 12.3 Å². The second-order valence-electron chi connectivity index (χ2n) is 4.36. The molecule has 18 heavy (non-hydrogen) atoms. The lowest BCUT2D eigenvalue weighted by Crippen LogP contribution is -2.07. The van der Waals surface area contributed by atoms with Crippen LogP contribution in [0.15, 0.2) is 18.2 Å². The molecule has 0 heterocycles. The first-order valence-corrected chi connectivity index (χ1v) is 6.25. The van der Waals surface area contributed by atoms with Gasteiger partial charge in [0.2, 0.25) is 0 Å². The third-order valence-electron chi connectivity index (χ3n) is 3.14. The van der Waals surface area contributed by atoms with Crippen LogP contribution in [0.25, 0.3) is 0 Å². The Kier molecular flexibility index (Phi) is 6.22. The monoisotopic (exact) mass is 291 g/mol. The third-order valence-corrected chi connectivity index (χ3v) is 3.38. The van der Waals surface area contributed by atoms with Crippen molar-refractivity contribution in [1.82, 2.24) is 0 Å². The highest BCUT2D eigenvalue weighted by Crippen LogP contribution is 2.50. The molecule has 1 aliphatic carbocycles. The van der Waals surface area contributed by atoms with E-state index < -0.39 is 0 Å². The van der Waals surface area contributed by atoms with Crippen LogP contribution < -0.4 is 10.5 Å². The number of ether oxygens (including phenoxy) is 2. The van der Waals surface area contributed by atoms with Gasteiger partial charge in [-0.15, -0.1) is 12.4 Å². The maximum atomic E-state index is 6.03. The Morgan fingerprint density at radius 2 is 2.17 bits per heavy atom. The Morgan fingerprint density at radius 3 is 2.78 bits per heavy atom. The van der Waals surface area contributed by atoms with E-state index >= 15 is 0 Å². The van der Waals surface area contributed by atoms with Gasteiger partial charge in [0.15, 0.2) is 0 Å². The molecule has 0 aromatic heterocycles. The van der Waals surface area contributed by atoms with Crippen molar-refractivity contribution in [3.8, 4) is 5.75 Å². The maximum Gasteiger partial charge on any atom is 0.123 e. The van der Waals surface area contributed by atoms with Gasteiger partial charge < -0.3 is 15.2 Å². The van der Waals surface area contributed by atoms with Gasteiger partial charge in [-0.25, -0.2) is 0 Å². The van der Waals surface area contributed by atoms with E-state index in [2.05, 4.69) is 0 Å². The second kappa shape index (κ2) is 7.19. The number of nitrogens with two attached hydrogens (primary N) is 1. The van der Waals surface area contributed by atoms with Crippen molar-refractivity contribution in [3.63, 3.8) is 0 Å². The summed E-state index contributed by atoms with van der Waals surface area (Å²) in [4.78, 5) is 0. The standard InChI is InChI=1S/C13H18ClNO2.ClH/c1-16-4-5-17-13-3-2-10(14)7-12(13)11-6-9(11)8-15;/h2-3,7,9,11H,4-6,8,15H2,1H3;1H/t9-,11+;/m1./s1. The van der Waals surface area contributed by atoms with Gasteiger partial charge in [0, 0.05) is 12.1 Å². The number of halogens is 2. The number of methoxy groups -OCH3 is 1. The van der Waals surface area contributed by atoms with Crippen molar-refractivity contribution >= 4 is 24.0 Å². The van der Waals surface area contributed by atoms with Gasteiger partial charge in [-0.2, -0.15) is 0 Å². The summed E-state index contributed by atoms with van der Waals surface area (Å²) in [7, 11) is 1.66. The average molecular weight is 292 g/mol. The molecule has 0 saturated heterocycles. The van der Waals surface area contributed by atoms with Crippen molar-refractivity contribution < 1.29 is 9.47 Å². The highest BCUT2D eigenvalue weighted by molar-refractivity contribution is 6.30. The highest BCUT2D eigenvalue weighted by atomic mass is 35.5. The van der Waals surface area contributed by atoms with E-state index in [1.807, 2.05) is 18.2 Å². The fourth-order valence-electron chi connectivity index (χ4n) is 2.06. The first-order valence-electron chi connectivity index (χ1n) is 5.87. The zero-order valence-electron chi connectivity index (χ0n) is 10.4. The molecule has 5 heteroatoms. The summed E-state index contributed by atoms with van der Waals surface area (Å²) in [5.41, 5.74) is 6.86. The van der Waals surface area contributed by atoms with Gasteiger partial charge in [0.1, 0.15) is 12.4 Å². The minimum absolute atomic E-state index is 0. The van der Waals surface area contributed by atoms with Crippen molar-refractivity contribution in [2.24, 2.45) is 11.7 Å². The maximum absolute atomic E-state index is 6.03. The smallest absolute Gasteiger partial charge is 0.123 e. The fourth-order valence-corrected chi connectivity index (χ4v) is 2.25. The van der Waals surface area contributed by atoms with Gasteiger partial charge >= 0.3 is 0 Å². The highest BCUT2D eigenvalue weighted by Gasteiger charge is 2.38. The van der Waals surface area contributed by atoms with Gasteiger partial charge in [-0.3, -0.25) is 0 Å². The summed E-state index contributed by atoms with van der Waals surface area (Å²) in [6, 6.07) is 5.77. The number of hydrogen-bond acceptors (Lipinski definition) is 3. The van der Waals surface area contributed by atoms with E-state index in [1.54, 1.807) is 7.11 Å². The molecule has 1 fully saturated rings. The van der Waals surface area contributed by atoms with Crippen LogP contribution in [0.3, 0.4) is 0 Å². The van der Waals surface area contributed by atoms with E-state index in [1.165, 1.54) is 5.56 Å². The number of benzene rings is 1. The van der Waals surface area contributed by atoms with Crippen LogP contribution in [0.2, 0.25) is 5.02 Å². The summed E-state index contributed by atoms with van der Waals surface area (Å²) in [6.45, 7) is 1.88. The molecule has 0 amide bonds. The largest absolute Gasteiger partial charge is 0.491 e. The van der Waals surface area contributed by atoms with Crippen molar-refractivity contribution in [3.05, 3.63) is 28.8 Å². The predicted molar refractivity (Wildman–Crippen MR) is 76.0 cm³/mol. The lowest BCUT2D eigenvalue weighted by molar-refractivity contribution is 0.145. The molecule has 1 aliphatic rings. The molecule has 1 aromatic rings. The minimum Gasteiger partial charge on any atom is -0.491 e. The molecule has 2 N–H and O–H groups in total. The van der Waals surface area contributed by atoms with E-state index in [9.17, 15) is 0 Å². The SMILES string of the molecule is COCCOc1ccc(Cl)cc1[C@H]1C[C@@H]1CN.Cl. The summed E-state index contributed by atoms with van der Waals surface area (Å²) >= 11 is 6.03. The quantitative estimate of drug-likeness (QED) is 0.820. The van der Waals surface area contributed by atoms with Gasteiger partial charge in [-0.1, -0.05) is 11.6 Å². The number of rotatable bonds is 6. The minimum atomic E-state index is 0. The van der Waals surface area contributed by atoms with E-state index in [-0.39, 0.29) is 12.4 Å². The molecule has 1 saturated carbocycles. The normalized spacial score (nSPS) is 21.3. The predicted octanol–water partition coefficient (Wildman–Crippen LogP) is 2.85. The molecule has 0 unspecified atom stereocenters. The Balaban J connectivity index is 0.00000162. The van der Waals surface area contributed by atoms with Crippen LogP contribution in [0.1, 0.15) is 17.9 Å². The molecule has 0 aliphatic heterocycles. The van der Waals surface area contributed by atoms with Crippen LogP contribution in [0, 0.1) is 5.92 Å². The molecule has 2 atom stereocenters. The molecule has 0 bridgehead atoms. The van der Waals surface area contributed by atoms with Crippen LogP contribution >= 0.6 is 24.0 Å². The van der Waals surface area contributed by atoms with Gasteiger partial charge in [-0.05, 0) is 48.6 Å². The molecule has 0 spiro atoms. The van der Waals surface area contributed by atoms with Gasteiger partial charge in [0.25, 0.3) is 0 Å². The van der Waals surface area contributed by atoms with Crippen LogP contribution in [-0.4, -0.2) is 26.9 Å². The number of hydrogen-bond donors (Lipinski definition) is 1. The Morgan fingerprint density at radius 1 is 1.39 bits per heavy atom. The van der Waals surface area contributed by atoms with E-state index in [0.717, 1.165) is 23.7 Å². The Labute approximate surface area is 119 Å². The molecule has 0 radical (unpaired) electrons. The van der Waals surface area contributed by atoms with Gasteiger partial charge in [0.05, 0.1) is 6.61 Å². The molecule has 2 rings (SSSR count). The summed E-state index contributed by atoms with van der Waals surface area (Å²) in [5.74, 6) is 2.00. The summed E-state index contributed by atoms with van der Waals surface area (Å²) in [5, 5.41) is 0.752. The van der Waals surface area contributed by atoms with Crippen molar-refractivity contribution in [1.29, 1.82) is 0 Å². The zero-order valence-corrected chi connectivity index (χ0v) is 12.0. The Bertz CT molecular complexity index is 387. The zero-order chi connectivity index (χ0) is 12.3. The Hall–Kier alpha value is -0.480.